The maximum absolute atomic E-state index is 13.3. The van der Waals surface area contributed by atoms with Crippen LogP contribution in [-0.4, -0.2) is 54.3 Å². The molecule has 1 atom stereocenters. The summed E-state index contributed by atoms with van der Waals surface area (Å²) in [5.74, 6) is 0.0505. The number of amides is 2. The average Bonchev–Trinajstić information content (AvgIpc) is 3.47. The third-order valence-corrected chi connectivity index (χ3v) is 7.00. The van der Waals surface area contributed by atoms with Crippen LogP contribution < -0.4 is 5.32 Å². The molecule has 30 heavy (non-hydrogen) atoms. The van der Waals surface area contributed by atoms with Crippen molar-refractivity contribution in [3.8, 4) is 0 Å². The molecule has 0 saturated carbocycles. The van der Waals surface area contributed by atoms with Crippen molar-refractivity contribution in [2.75, 3.05) is 32.7 Å². The summed E-state index contributed by atoms with van der Waals surface area (Å²) in [5.41, 5.74) is 0.863. The van der Waals surface area contributed by atoms with Crippen LogP contribution in [-0.2, 0) is 9.59 Å². The Balaban J connectivity index is 1.32. The minimum atomic E-state index is -0.290. The Morgan fingerprint density at radius 2 is 1.77 bits per heavy atom. The first-order chi connectivity index (χ1) is 14.6. The van der Waals surface area contributed by atoms with Gasteiger partial charge >= 0.3 is 0 Å². The van der Waals surface area contributed by atoms with Crippen LogP contribution in [0.4, 0.5) is 4.39 Å². The molecule has 2 aromatic rings. The third-order valence-electron chi connectivity index (χ3n) is 6.06. The molecule has 0 spiro atoms. The van der Waals surface area contributed by atoms with Crippen molar-refractivity contribution in [3.63, 3.8) is 0 Å². The number of piperidine rings is 1. The predicted molar refractivity (Wildman–Crippen MR) is 116 cm³/mol. The van der Waals surface area contributed by atoms with E-state index in [9.17, 15) is 14.0 Å². The molecule has 2 aliphatic rings. The highest BCUT2D eigenvalue weighted by Gasteiger charge is 2.30. The molecule has 2 amide bonds. The fraction of sp³-hybridized carbons (Fsp3) is 0.478. The van der Waals surface area contributed by atoms with Gasteiger partial charge in [0.15, 0.2) is 0 Å². The molecule has 7 heteroatoms. The van der Waals surface area contributed by atoms with E-state index in [4.69, 9.17) is 0 Å². The van der Waals surface area contributed by atoms with Crippen LogP contribution >= 0.6 is 11.3 Å². The summed E-state index contributed by atoms with van der Waals surface area (Å²) in [4.78, 5) is 30.5. The first-order valence-corrected chi connectivity index (χ1v) is 11.6. The molecule has 0 bridgehead atoms. The van der Waals surface area contributed by atoms with Crippen molar-refractivity contribution in [1.29, 1.82) is 0 Å². The highest BCUT2D eigenvalue weighted by atomic mass is 32.1. The molecule has 1 unspecified atom stereocenters. The number of nitrogens with zero attached hydrogens (tertiary/aromatic N) is 2. The van der Waals surface area contributed by atoms with Gasteiger partial charge in [0, 0.05) is 23.9 Å². The number of carbonyl (C=O) groups is 2. The molecule has 2 saturated heterocycles. The van der Waals surface area contributed by atoms with Crippen LogP contribution in [0, 0.1) is 11.7 Å². The Morgan fingerprint density at radius 3 is 2.40 bits per heavy atom. The third kappa shape index (κ3) is 5.08. The molecule has 160 valence electrons. The van der Waals surface area contributed by atoms with Crippen LogP contribution in [0.25, 0.3) is 0 Å². The summed E-state index contributed by atoms with van der Waals surface area (Å²) >= 11 is 1.57. The molecular weight excluding hydrogens is 401 g/mol. The maximum Gasteiger partial charge on any atom is 0.234 e. The Bertz CT molecular complexity index is 842. The summed E-state index contributed by atoms with van der Waals surface area (Å²) < 4.78 is 13.3. The van der Waals surface area contributed by atoms with Crippen molar-refractivity contribution in [2.24, 2.45) is 5.92 Å². The molecule has 0 radical (unpaired) electrons. The van der Waals surface area contributed by atoms with E-state index in [0.29, 0.717) is 12.5 Å². The molecule has 0 aliphatic carbocycles. The zero-order valence-corrected chi connectivity index (χ0v) is 17.9. The smallest absolute Gasteiger partial charge is 0.234 e. The Kier molecular flexibility index (Phi) is 6.79. The average molecular weight is 430 g/mol. The summed E-state index contributed by atoms with van der Waals surface area (Å²) in [6.45, 7) is 3.63. The van der Waals surface area contributed by atoms with Gasteiger partial charge in [0.1, 0.15) is 5.82 Å². The topological polar surface area (TPSA) is 52.7 Å². The summed E-state index contributed by atoms with van der Waals surface area (Å²) in [6, 6.07) is 9.92. The standard InChI is InChI=1S/C23H28FN3O2S/c24-19-7-5-17(6-8-19)22(20-4-3-15-30-20)25-21(28)16-26-13-9-18(10-14-26)23(29)27-11-1-2-12-27/h3-8,15,18,22H,1-2,9-14,16H2,(H,25,28). The normalized spacial score (nSPS) is 19.0. The molecule has 1 aromatic heterocycles. The van der Waals surface area contributed by atoms with Crippen molar-refractivity contribution >= 4 is 23.2 Å². The number of rotatable bonds is 6. The molecule has 4 rings (SSSR count). The summed E-state index contributed by atoms with van der Waals surface area (Å²) in [7, 11) is 0. The number of benzene rings is 1. The number of hydrogen-bond donors (Lipinski definition) is 1. The van der Waals surface area contributed by atoms with Crippen molar-refractivity contribution in [2.45, 2.75) is 31.7 Å². The highest BCUT2D eigenvalue weighted by Crippen LogP contribution is 2.27. The lowest BCUT2D eigenvalue weighted by Crippen LogP contribution is -2.45. The SMILES string of the molecule is O=C(CN1CCC(C(=O)N2CCCC2)CC1)NC(c1ccc(F)cc1)c1cccs1. The van der Waals surface area contributed by atoms with Crippen LogP contribution in [0.2, 0.25) is 0 Å². The van der Waals surface area contributed by atoms with E-state index in [-0.39, 0.29) is 23.7 Å². The quantitative estimate of drug-likeness (QED) is 0.766. The van der Waals surface area contributed by atoms with Gasteiger partial charge in [0.25, 0.3) is 0 Å². The maximum atomic E-state index is 13.3. The van der Waals surface area contributed by atoms with Crippen molar-refractivity contribution < 1.29 is 14.0 Å². The monoisotopic (exact) mass is 429 g/mol. The van der Waals surface area contributed by atoms with Gasteiger partial charge in [-0.2, -0.15) is 0 Å². The van der Waals surface area contributed by atoms with Gasteiger partial charge in [-0.25, -0.2) is 4.39 Å². The van der Waals surface area contributed by atoms with Gasteiger partial charge < -0.3 is 10.2 Å². The fourth-order valence-electron chi connectivity index (χ4n) is 4.37. The van der Waals surface area contributed by atoms with Crippen molar-refractivity contribution in [1.82, 2.24) is 15.1 Å². The zero-order valence-electron chi connectivity index (χ0n) is 17.1. The van der Waals surface area contributed by atoms with Gasteiger partial charge in [-0.1, -0.05) is 18.2 Å². The summed E-state index contributed by atoms with van der Waals surface area (Å²) in [6.07, 6.45) is 3.86. The van der Waals surface area contributed by atoms with E-state index >= 15 is 0 Å². The van der Waals surface area contributed by atoms with E-state index < -0.39 is 0 Å². The second-order valence-corrected chi connectivity index (χ2v) is 9.13. The first kappa shape index (κ1) is 21.0. The molecule has 1 N–H and O–H groups in total. The number of nitrogens with one attached hydrogen (secondary N) is 1. The fourth-order valence-corrected chi connectivity index (χ4v) is 5.18. The second-order valence-electron chi connectivity index (χ2n) is 8.15. The molecule has 2 aliphatic heterocycles. The second kappa shape index (κ2) is 9.71. The van der Waals surface area contributed by atoms with Crippen LogP contribution in [0.5, 0.6) is 0 Å². The number of hydrogen-bond acceptors (Lipinski definition) is 4. The largest absolute Gasteiger partial charge is 0.343 e. The summed E-state index contributed by atoms with van der Waals surface area (Å²) in [5, 5.41) is 5.09. The first-order valence-electron chi connectivity index (χ1n) is 10.7. The molecule has 2 fully saturated rings. The predicted octanol–water partition coefficient (Wildman–Crippen LogP) is 3.43. The Hall–Kier alpha value is -2.25. The van der Waals surface area contributed by atoms with Gasteiger partial charge in [-0.05, 0) is 67.9 Å². The van der Waals surface area contributed by atoms with E-state index in [2.05, 4.69) is 10.2 Å². The van der Waals surface area contributed by atoms with Crippen LogP contribution in [0.1, 0.15) is 42.2 Å². The Morgan fingerprint density at radius 1 is 1.07 bits per heavy atom. The van der Waals surface area contributed by atoms with E-state index in [0.717, 1.165) is 62.3 Å². The molecule has 3 heterocycles. The Labute approximate surface area is 180 Å². The van der Waals surface area contributed by atoms with Gasteiger partial charge in [-0.15, -0.1) is 11.3 Å². The van der Waals surface area contributed by atoms with Crippen LogP contribution in [0.3, 0.4) is 0 Å². The number of carbonyl (C=O) groups excluding carboxylic acids is 2. The lowest BCUT2D eigenvalue weighted by Gasteiger charge is -2.33. The zero-order chi connectivity index (χ0) is 20.9. The van der Waals surface area contributed by atoms with E-state index in [1.54, 1.807) is 23.5 Å². The lowest BCUT2D eigenvalue weighted by atomic mass is 9.95. The number of likely N-dealkylation sites (tertiary alicyclic amines) is 2. The molecular formula is C23H28FN3O2S. The van der Waals surface area contributed by atoms with Gasteiger partial charge in [0.05, 0.1) is 12.6 Å². The van der Waals surface area contributed by atoms with E-state index in [1.807, 2.05) is 22.4 Å². The minimum absolute atomic E-state index is 0.0537. The number of halogens is 1. The van der Waals surface area contributed by atoms with E-state index in [1.165, 1.54) is 12.1 Å². The highest BCUT2D eigenvalue weighted by molar-refractivity contribution is 7.10. The van der Waals surface area contributed by atoms with Gasteiger partial charge in [0.2, 0.25) is 11.8 Å². The van der Waals surface area contributed by atoms with Crippen LogP contribution in [0.15, 0.2) is 41.8 Å². The molecule has 5 nitrogen and oxygen atoms in total. The minimum Gasteiger partial charge on any atom is -0.343 e. The molecule has 1 aromatic carbocycles. The number of thiophene rings is 1. The van der Waals surface area contributed by atoms with Crippen molar-refractivity contribution in [3.05, 3.63) is 58.0 Å². The van der Waals surface area contributed by atoms with Gasteiger partial charge in [-0.3, -0.25) is 14.5 Å². The lowest BCUT2D eigenvalue weighted by molar-refractivity contribution is -0.136.